The molecule has 0 saturated heterocycles. The molecule has 1 aromatic heterocycles. The lowest BCUT2D eigenvalue weighted by atomic mass is 10.0. The molecule has 0 amide bonds. The molecule has 1 aromatic carbocycles. The van der Waals surface area contributed by atoms with Gasteiger partial charge in [0.15, 0.2) is 0 Å². The van der Waals surface area contributed by atoms with Crippen LogP contribution in [-0.4, -0.2) is 24.4 Å². The molecule has 2 aromatic rings. The van der Waals surface area contributed by atoms with E-state index >= 15 is 0 Å². The number of rotatable bonds is 5. The van der Waals surface area contributed by atoms with Gasteiger partial charge in [-0.3, -0.25) is 16.3 Å². The summed E-state index contributed by atoms with van der Waals surface area (Å²) in [6.45, 7) is -1.46. The number of alkyl halides is 3. The fourth-order valence-electron chi connectivity index (χ4n) is 1.97. The van der Waals surface area contributed by atoms with Crippen molar-refractivity contribution in [3.8, 4) is 0 Å². The summed E-state index contributed by atoms with van der Waals surface area (Å²) >= 11 is 0. The van der Waals surface area contributed by atoms with Gasteiger partial charge in [0.05, 0.1) is 12.6 Å². The van der Waals surface area contributed by atoms with E-state index in [4.69, 9.17) is 5.84 Å². The summed E-state index contributed by atoms with van der Waals surface area (Å²) in [5, 5.41) is 1.77. The van der Waals surface area contributed by atoms with Gasteiger partial charge in [-0.15, -0.1) is 0 Å². The minimum absolute atomic E-state index is 0.169. The Bertz CT molecular complexity index is 569. The quantitative estimate of drug-likeness (QED) is 0.654. The third-order valence-electron chi connectivity index (χ3n) is 2.84. The number of hydrogen-bond acceptors (Lipinski definition) is 4. The molecule has 7 heteroatoms. The van der Waals surface area contributed by atoms with Crippen molar-refractivity contribution in [3.05, 3.63) is 42.2 Å². The average Bonchev–Trinajstić information content (AvgIpc) is 2.42. The van der Waals surface area contributed by atoms with E-state index in [-0.39, 0.29) is 6.61 Å². The second-order valence-corrected chi connectivity index (χ2v) is 4.29. The normalized spacial score (nSPS) is 13.6. The molecule has 0 aliphatic heterocycles. The molecule has 1 unspecified atom stereocenters. The minimum atomic E-state index is -4.35. The van der Waals surface area contributed by atoms with Crippen molar-refractivity contribution >= 4 is 10.8 Å². The lowest BCUT2D eigenvalue weighted by Gasteiger charge is -2.19. The summed E-state index contributed by atoms with van der Waals surface area (Å²) in [6.07, 6.45) is -1.04. The van der Waals surface area contributed by atoms with Gasteiger partial charge in [-0.25, -0.2) is 0 Å². The molecular formula is C13H14F3N3O. The van der Waals surface area contributed by atoms with Crippen molar-refractivity contribution in [2.24, 2.45) is 5.84 Å². The number of pyridine rings is 1. The van der Waals surface area contributed by atoms with E-state index in [1.165, 1.54) is 0 Å². The number of aromatic nitrogens is 1. The Labute approximate surface area is 113 Å². The predicted octanol–water partition coefficient (Wildman–Crippen LogP) is 2.32. The largest absolute Gasteiger partial charge is 0.411 e. The Morgan fingerprint density at radius 2 is 2.10 bits per heavy atom. The van der Waals surface area contributed by atoms with E-state index in [0.29, 0.717) is 0 Å². The Morgan fingerprint density at radius 3 is 2.80 bits per heavy atom. The summed E-state index contributed by atoms with van der Waals surface area (Å²) in [5.74, 6) is 5.42. The summed E-state index contributed by atoms with van der Waals surface area (Å²) in [5.41, 5.74) is 3.26. The summed E-state index contributed by atoms with van der Waals surface area (Å²) in [7, 11) is 0. The smallest absolute Gasteiger partial charge is 0.370 e. The Balaban J connectivity index is 2.17. The molecule has 0 fully saturated rings. The highest BCUT2D eigenvalue weighted by Crippen LogP contribution is 2.24. The van der Waals surface area contributed by atoms with Crippen molar-refractivity contribution in [3.63, 3.8) is 0 Å². The van der Waals surface area contributed by atoms with Crippen LogP contribution in [0.5, 0.6) is 0 Å². The van der Waals surface area contributed by atoms with Crippen molar-refractivity contribution < 1.29 is 17.9 Å². The highest BCUT2D eigenvalue weighted by Gasteiger charge is 2.28. The maximum atomic E-state index is 12.1. The molecule has 1 heterocycles. The van der Waals surface area contributed by atoms with Crippen LogP contribution in [0.2, 0.25) is 0 Å². The molecule has 4 nitrogen and oxygen atoms in total. The van der Waals surface area contributed by atoms with Crippen LogP contribution in [0.25, 0.3) is 10.8 Å². The Morgan fingerprint density at radius 1 is 1.30 bits per heavy atom. The molecule has 0 spiro atoms. The highest BCUT2D eigenvalue weighted by atomic mass is 19.4. The Kier molecular flexibility index (Phi) is 4.53. The molecule has 20 heavy (non-hydrogen) atoms. The number of hydrogen-bond donors (Lipinski definition) is 2. The molecule has 1 atom stereocenters. The van der Waals surface area contributed by atoms with Crippen LogP contribution in [0, 0.1) is 0 Å². The van der Waals surface area contributed by atoms with Crippen LogP contribution in [0.3, 0.4) is 0 Å². The molecule has 2 rings (SSSR count). The van der Waals surface area contributed by atoms with Gasteiger partial charge in [0.1, 0.15) is 6.61 Å². The van der Waals surface area contributed by atoms with E-state index in [1.54, 1.807) is 30.6 Å². The SMILES string of the molecule is NNC(COCC(F)(F)F)c1cccc2cnccc12. The zero-order valence-corrected chi connectivity index (χ0v) is 10.5. The molecule has 0 bridgehead atoms. The van der Waals surface area contributed by atoms with Crippen LogP contribution in [0.4, 0.5) is 13.2 Å². The Hall–Kier alpha value is -1.70. The monoisotopic (exact) mass is 285 g/mol. The van der Waals surface area contributed by atoms with Crippen LogP contribution >= 0.6 is 0 Å². The predicted molar refractivity (Wildman–Crippen MR) is 68.7 cm³/mol. The lowest BCUT2D eigenvalue weighted by Crippen LogP contribution is -2.32. The molecule has 0 aliphatic carbocycles. The first-order chi connectivity index (χ1) is 9.51. The first-order valence-corrected chi connectivity index (χ1v) is 5.94. The van der Waals surface area contributed by atoms with Crippen molar-refractivity contribution in [2.45, 2.75) is 12.2 Å². The number of nitrogens with one attached hydrogen (secondary N) is 1. The zero-order chi connectivity index (χ0) is 14.6. The van der Waals surface area contributed by atoms with Gasteiger partial charge in [0, 0.05) is 17.8 Å². The average molecular weight is 285 g/mol. The number of ether oxygens (including phenoxy) is 1. The zero-order valence-electron chi connectivity index (χ0n) is 10.5. The fraction of sp³-hybridized carbons (Fsp3) is 0.308. The van der Waals surface area contributed by atoms with Crippen molar-refractivity contribution in [1.82, 2.24) is 10.4 Å². The maximum Gasteiger partial charge on any atom is 0.411 e. The lowest BCUT2D eigenvalue weighted by molar-refractivity contribution is -0.175. The minimum Gasteiger partial charge on any atom is -0.370 e. The van der Waals surface area contributed by atoms with Gasteiger partial charge >= 0.3 is 6.18 Å². The number of fused-ring (bicyclic) bond motifs is 1. The van der Waals surface area contributed by atoms with E-state index in [2.05, 4.69) is 15.1 Å². The van der Waals surface area contributed by atoms with Crippen LogP contribution in [0.1, 0.15) is 11.6 Å². The van der Waals surface area contributed by atoms with Gasteiger partial charge in [-0.1, -0.05) is 18.2 Å². The highest BCUT2D eigenvalue weighted by molar-refractivity contribution is 5.85. The second kappa shape index (κ2) is 6.17. The molecule has 3 N–H and O–H groups in total. The van der Waals surface area contributed by atoms with Gasteiger partial charge in [-0.05, 0) is 17.0 Å². The van der Waals surface area contributed by atoms with E-state index in [9.17, 15) is 13.2 Å². The van der Waals surface area contributed by atoms with Gasteiger partial charge < -0.3 is 4.74 Å². The van der Waals surface area contributed by atoms with Crippen LogP contribution in [0.15, 0.2) is 36.7 Å². The van der Waals surface area contributed by atoms with Crippen LogP contribution < -0.4 is 11.3 Å². The number of nitrogens with two attached hydrogens (primary N) is 1. The number of halogens is 3. The van der Waals surface area contributed by atoms with Crippen LogP contribution in [-0.2, 0) is 4.74 Å². The molecule has 0 radical (unpaired) electrons. The maximum absolute atomic E-state index is 12.1. The number of hydrazine groups is 1. The molecule has 0 aliphatic rings. The van der Waals surface area contributed by atoms with Crippen molar-refractivity contribution in [1.29, 1.82) is 0 Å². The second-order valence-electron chi connectivity index (χ2n) is 4.29. The molecule has 108 valence electrons. The molecule has 0 saturated carbocycles. The van der Waals surface area contributed by atoms with Gasteiger partial charge in [0.25, 0.3) is 0 Å². The molecular weight excluding hydrogens is 271 g/mol. The first kappa shape index (κ1) is 14.7. The fourth-order valence-corrected chi connectivity index (χ4v) is 1.97. The van der Waals surface area contributed by atoms with Gasteiger partial charge in [0.2, 0.25) is 0 Å². The number of nitrogens with zero attached hydrogens (tertiary/aromatic N) is 1. The summed E-state index contributed by atoms with van der Waals surface area (Å²) in [6, 6.07) is 6.73. The topological polar surface area (TPSA) is 60.2 Å². The standard InChI is InChI=1S/C13H14F3N3O/c14-13(15,16)8-20-7-12(19-17)11-3-1-2-9-6-18-5-4-10(9)11/h1-6,12,19H,7-8,17H2. The van der Waals surface area contributed by atoms with Gasteiger partial charge in [-0.2, -0.15) is 13.2 Å². The van der Waals surface area contributed by atoms with E-state index in [1.807, 2.05) is 6.07 Å². The first-order valence-electron chi connectivity index (χ1n) is 5.94. The summed E-state index contributed by atoms with van der Waals surface area (Å²) in [4.78, 5) is 4.00. The third-order valence-corrected chi connectivity index (χ3v) is 2.84. The number of benzene rings is 1. The van der Waals surface area contributed by atoms with E-state index < -0.39 is 18.8 Å². The summed E-state index contributed by atoms with van der Waals surface area (Å²) < 4.78 is 40.9. The third kappa shape index (κ3) is 3.66. The van der Waals surface area contributed by atoms with E-state index in [0.717, 1.165) is 16.3 Å². The van der Waals surface area contributed by atoms with Crippen molar-refractivity contribution in [2.75, 3.05) is 13.2 Å².